The monoisotopic (exact) mass is 327 g/mol. The van der Waals surface area contributed by atoms with Gasteiger partial charge in [-0.15, -0.1) is 0 Å². The van der Waals surface area contributed by atoms with Gasteiger partial charge in [-0.2, -0.15) is 0 Å². The molecule has 0 saturated heterocycles. The molecule has 5 heteroatoms. The first-order valence-corrected chi connectivity index (χ1v) is 7.24. The molecule has 19 heavy (non-hydrogen) atoms. The Bertz CT molecular complexity index is 464. The molecule has 1 fully saturated rings. The van der Waals surface area contributed by atoms with Crippen molar-refractivity contribution in [1.82, 2.24) is 5.32 Å². The van der Waals surface area contributed by atoms with Crippen molar-refractivity contribution in [2.24, 2.45) is 0 Å². The Balaban J connectivity index is 2.14. The SMILES string of the molecule is COc1ccc(C(=O)NC2CCCC2Br)c(OC)c1. The van der Waals surface area contributed by atoms with Crippen LogP contribution in [0.2, 0.25) is 0 Å². The molecule has 1 aliphatic rings. The summed E-state index contributed by atoms with van der Waals surface area (Å²) >= 11 is 3.60. The van der Waals surface area contributed by atoms with Gasteiger partial charge in [0.1, 0.15) is 11.5 Å². The van der Waals surface area contributed by atoms with Crippen LogP contribution in [-0.4, -0.2) is 31.0 Å². The molecule has 1 aromatic carbocycles. The van der Waals surface area contributed by atoms with E-state index in [0.717, 1.165) is 19.3 Å². The summed E-state index contributed by atoms with van der Waals surface area (Å²) in [5, 5.41) is 3.05. The largest absolute Gasteiger partial charge is 0.497 e. The standard InChI is InChI=1S/C14H18BrNO3/c1-18-9-6-7-10(13(8-9)19-2)14(17)16-12-5-3-4-11(12)15/h6-8,11-12H,3-5H2,1-2H3,(H,16,17). The minimum absolute atomic E-state index is 0.101. The van der Waals surface area contributed by atoms with Gasteiger partial charge in [-0.05, 0) is 25.0 Å². The Morgan fingerprint density at radius 3 is 2.68 bits per heavy atom. The number of benzene rings is 1. The van der Waals surface area contributed by atoms with Crippen LogP contribution >= 0.6 is 15.9 Å². The third kappa shape index (κ3) is 3.21. The van der Waals surface area contributed by atoms with Crippen molar-refractivity contribution in [3.8, 4) is 11.5 Å². The zero-order valence-electron chi connectivity index (χ0n) is 11.1. The lowest BCUT2D eigenvalue weighted by molar-refractivity contribution is 0.0936. The molecule has 4 nitrogen and oxygen atoms in total. The number of amides is 1. The minimum Gasteiger partial charge on any atom is -0.497 e. The first-order chi connectivity index (χ1) is 9.15. The molecule has 0 aromatic heterocycles. The Kier molecular flexibility index (Phi) is 4.69. The lowest BCUT2D eigenvalue weighted by atomic mass is 10.1. The first kappa shape index (κ1) is 14.2. The van der Waals surface area contributed by atoms with Crippen molar-refractivity contribution in [2.45, 2.75) is 30.1 Å². The van der Waals surface area contributed by atoms with Crippen LogP contribution in [0, 0.1) is 0 Å². The maximum absolute atomic E-state index is 12.3. The molecule has 0 heterocycles. The summed E-state index contributed by atoms with van der Waals surface area (Å²) in [6.07, 6.45) is 3.26. The summed E-state index contributed by atoms with van der Waals surface area (Å²) in [7, 11) is 3.14. The van der Waals surface area contributed by atoms with Gasteiger partial charge in [-0.1, -0.05) is 22.4 Å². The van der Waals surface area contributed by atoms with E-state index in [1.54, 1.807) is 32.4 Å². The number of nitrogens with one attached hydrogen (secondary N) is 1. The highest BCUT2D eigenvalue weighted by molar-refractivity contribution is 9.09. The highest BCUT2D eigenvalue weighted by Gasteiger charge is 2.27. The van der Waals surface area contributed by atoms with Gasteiger partial charge in [0.25, 0.3) is 5.91 Å². The van der Waals surface area contributed by atoms with E-state index in [1.165, 1.54) is 0 Å². The van der Waals surface area contributed by atoms with Crippen LogP contribution in [0.3, 0.4) is 0 Å². The number of carbonyl (C=O) groups excluding carboxylic acids is 1. The van der Waals surface area contributed by atoms with Crippen LogP contribution in [0.25, 0.3) is 0 Å². The molecule has 2 rings (SSSR count). The third-order valence-electron chi connectivity index (χ3n) is 3.40. The van der Waals surface area contributed by atoms with E-state index in [2.05, 4.69) is 21.2 Å². The molecule has 0 aliphatic heterocycles. The second kappa shape index (κ2) is 6.28. The Hall–Kier alpha value is -1.23. The maximum Gasteiger partial charge on any atom is 0.255 e. The Labute approximate surface area is 121 Å². The summed E-state index contributed by atoms with van der Waals surface area (Å²) < 4.78 is 10.4. The number of hydrogen-bond donors (Lipinski definition) is 1. The van der Waals surface area contributed by atoms with Crippen LogP contribution in [0.4, 0.5) is 0 Å². The molecule has 2 atom stereocenters. The number of alkyl halides is 1. The third-order valence-corrected chi connectivity index (χ3v) is 4.50. The van der Waals surface area contributed by atoms with Crippen LogP contribution in [-0.2, 0) is 0 Å². The molecule has 104 valence electrons. The van der Waals surface area contributed by atoms with Crippen LogP contribution < -0.4 is 14.8 Å². The van der Waals surface area contributed by atoms with Crippen molar-refractivity contribution >= 4 is 21.8 Å². The zero-order chi connectivity index (χ0) is 13.8. The van der Waals surface area contributed by atoms with Gasteiger partial charge < -0.3 is 14.8 Å². The van der Waals surface area contributed by atoms with Gasteiger partial charge in [0.2, 0.25) is 0 Å². The molecule has 1 amide bonds. The molecule has 1 N–H and O–H groups in total. The number of methoxy groups -OCH3 is 2. The van der Waals surface area contributed by atoms with Crippen molar-refractivity contribution in [1.29, 1.82) is 0 Å². The summed E-state index contributed by atoms with van der Waals surface area (Å²) in [5.41, 5.74) is 0.537. The number of carbonyl (C=O) groups is 1. The molecule has 1 aliphatic carbocycles. The quantitative estimate of drug-likeness (QED) is 0.865. The number of ether oxygens (including phenoxy) is 2. The van der Waals surface area contributed by atoms with E-state index < -0.39 is 0 Å². The maximum atomic E-state index is 12.3. The molecule has 0 spiro atoms. The molecule has 1 saturated carbocycles. The number of rotatable bonds is 4. The van der Waals surface area contributed by atoms with E-state index >= 15 is 0 Å². The lowest BCUT2D eigenvalue weighted by Gasteiger charge is -2.17. The van der Waals surface area contributed by atoms with E-state index in [9.17, 15) is 4.79 Å². The summed E-state index contributed by atoms with van der Waals surface area (Å²) in [4.78, 5) is 12.6. The van der Waals surface area contributed by atoms with Gasteiger partial charge in [-0.3, -0.25) is 4.79 Å². The van der Waals surface area contributed by atoms with E-state index in [1.807, 2.05) is 0 Å². The van der Waals surface area contributed by atoms with Crippen LogP contribution in [0.5, 0.6) is 11.5 Å². The second-order valence-corrected chi connectivity index (χ2v) is 5.77. The van der Waals surface area contributed by atoms with Crippen LogP contribution in [0.15, 0.2) is 18.2 Å². The van der Waals surface area contributed by atoms with Crippen molar-refractivity contribution in [2.75, 3.05) is 14.2 Å². The summed E-state index contributed by atoms with van der Waals surface area (Å²) in [5.74, 6) is 1.10. The highest BCUT2D eigenvalue weighted by Crippen LogP contribution is 2.28. The molecular formula is C14H18BrNO3. The summed E-state index contributed by atoms with van der Waals surface area (Å²) in [6, 6.07) is 5.40. The fourth-order valence-corrected chi connectivity index (χ4v) is 3.03. The average molecular weight is 328 g/mol. The zero-order valence-corrected chi connectivity index (χ0v) is 12.7. The van der Waals surface area contributed by atoms with E-state index in [0.29, 0.717) is 21.9 Å². The smallest absolute Gasteiger partial charge is 0.255 e. The predicted molar refractivity (Wildman–Crippen MR) is 77.4 cm³/mol. The van der Waals surface area contributed by atoms with Gasteiger partial charge in [0, 0.05) is 16.9 Å². The van der Waals surface area contributed by atoms with E-state index in [-0.39, 0.29) is 11.9 Å². The number of halogens is 1. The molecular weight excluding hydrogens is 310 g/mol. The van der Waals surface area contributed by atoms with Crippen molar-refractivity contribution in [3.63, 3.8) is 0 Å². The fourth-order valence-electron chi connectivity index (χ4n) is 2.31. The fraction of sp³-hybridized carbons (Fsp3) is 0.500. The summed E-state index contributed by atoms with van der Waals surface area (Å²) in [6.45, 7) is 0. The topological polar surface area (TPSA) is 47.6 Å². The van der Waals surface area contributed by atoms with Gasteiger partial charge >= 0.3 is 0 Å². The normalized spacial score (nSPS) is 22.1. The Morgan fingerprint density at radius 2 is 2.11 bits per heavy atom. The van der Waals surface area contributed by atoms with Gasteiger partial charge in [-0.25, -0.2) is 0 Å². The Morgan fingerprint density at radius 1 is 1.32 bits per heavy atom. The van der Waals surface area contributed by atoms with Gasteiger partial charge in [0.15, 0.2) is 0 Å². The van der Waals surface area contributed by atoms with Crippen molar-refractivity contribution in [3.05, 3.63) is 23.8 Å². The first-order valence-electron chi connectivity index (χ1n) is 6.32. The predicted octanol–water partition coefficient (Wildman–Crippen LogP) is 2.75. The van der Waals surface area contributed by atoms with E-state index in [4.69, 9.17) is 9.47 Å². The van der Waals surface area contributed by atoms with Crippen molar-refractivity contribution < 1.29 is 14.3 Å². The highest BCUT2D eigenvalue weighted by atomic mass is 79.9. The second-order valence-electron chi connectivity index (χ2n) is 4.59. The molecule has 2 unspecified atom stereocenters. The number of hydrogen-bond acceptors (Lipinski definition) is 3. The molecule has 0 bridgehead atoms. The molecule has 0 radical (unpaired) electrons. The average Bonchev–Trinajstić information content (AvgIpc) is 2.83. The minimum atomic E-state index is -0.101. The van der Waals surface area contributed by atoms with Gasteiger partial charge in [0.05, 0.1) is 19.8 Å². The van der Waals surface area contributed by atoms with Crippen LogP contribution in [0.1, 0.15) is 29.6 Å². The lowest BCUT2D eigenvalue weighted by Crippen LogP contribution is -2.37. The molecule has 1 aromatic rings.